The lowest BCUT2D eigenvalue weighted by atomic mass is 10.1. The van der Waals surface area contributed by atoms with Gasteiger partial charge in [0.1, 0.15) is 6.54 Å². The summed E-state index contributed by atoms with van der Waals surface area (Å²) in [5, 5.41) is 4.53. The zero-order chi connectivity index (χ0) is 18.8. The maximum atomic E-state index is 12.8. The van der Waals surface area contributed by atoms with Crippen molar-refractivity contribution < 1.29 is 14.1 Å². The Bertz CT molecular complexity index is 818. The van der Waals surface area contributed by atoms with Crippen LogP contribution in [-0.2, 0) is 11.2 Å². The number of hydrogen-bond acceptors (Lipinski definition) is 4. The van der Waals surface area contributed by atoms with Gasteiger partial charge >= 0.3 is 0 Å². The van der Waals surface area contributed by atoms with Crippen LogP contribution in [-0.4, -0.2) is 41.0 Å². The van der Waals surface area contributed by atoms with Crippen molar-refractivity contribution in [2.45, 2.75) is 33.2 Å². The summed E-state index contributed by atoms with van der Waals surface area (Å²) in [5.41, 5.74) is 1.49. The van der Waals surface area contributed by atoms with Gasteiger partial charge in [0, 0.05) is 29.4 Å². The molecule has 0 spiro atoms. The molecule has 0 radical (unpaired) electrons. The smallest absolute Gasteiger partial charge is 0.293 e. The van der Waals surface area contributed by atoms with Crippen LogP contribution in [0.25, 0.3) is 0 Å². The van der Waals surface area contributed by atoms with E-state index in [9.17, 15) is 9.59 Å². The number of anilines is 1. The van der Waals surface area contributed by atoms with Crippen LogP contribution in [0.5, 0.6) is 0 Å². The molecule has 0 saturated carbocycles. The molecule has 26 heavy (non-hydrogen) atoms. The van der Waals surface area contributed by atoms with Crippen LogP contribution in [0.4, 0.5) is 5.69 Å². The minimum Gasteiger partial charge on any atom is -0.351 e. The number of amides is 2. The van der Waals surface area contributed by atoms with Crippen molar-refractivity contribution in [3.8, 4) is 0 Å². The summed E-state index contributed by atoms with van der Waals surface area (Å²) in [6.45, 7) is 6.45. The maximum absolute atomic E-state index is 12.8. The van der Waals surface area contributed by atoms with Crippen LogP contribution in [0.1, 0.15) is 37.0 Å². The number of carbonyl (C=O) groups is 2. The molecule has 0 unspecified atom stereocenters. The normalized spacial score (nSPS) is 17.9. The molecule has 1 fully saturated rings. The van der Waals surface area contributed by atoms with Gasteiger partial charge in [0.05, 0.1) is 5.69 Å². The summed E-state index contributed by atoms with van der Waals surface area (Å²) in [5.74, 6) is 0.140. The summed E-state index contributed by atoms with van der Waals surface area (Å²) >= 11 is 6.02. The number of piperazine rings is 1. The Balaban J connectivity index is 1.74. The molecular weight excluding hydrogens is 354 g/mol. The highest BCUT2D eigenvalue weighted by molar-refractivity contribution is 6.30. The van der Waals surface area contributed by atoms with Crippen molar-refractivity contribution in [2.24, 2.45) is 5.92 Å². The quantitative estimate of drug-likeness (QED) is 0.821. The molecule has 1 aliphatic heterocycles. The molecule has 3 rings (SSSR count). The van der Waals surface area contributed by atoms with Crippen molar-refractivity contribution >= 4 is 29.1 Å². The first-order valence-electron chi connectivity index (χ1n) is 8.67. The Morgan fingerprint density at radius 2 is 2.15 bits per heavy atom. The molecule has 6 nitrogen and oxygen atoms in total. The largest absolute Gasteiger partial charge is 0.351 e. The number of aromatic nitrogens is 1. The zero-order valence-corrected chi connectivity index (χ0v) is 15.9. The second-order valence-corrected chi connectivity index (χ2v) is 7.48. The molecule has 1 saturated heterocycles. The molecule has 1 aromatic carbocycles. The Labute approximate surface area is 157 Å². The van der Waals surface area contributed by atoms with E-state index in [4.69, 9.17) is 16.1 Å². The summed E-state index contributed by atoms with van der Waals surface area (Å²) in [6, 6.07) is 8.66. The first-order valence-corrected chi connectivity index (χ1v) is 9.05. The fraction of sp³-hybridized carbons (Fsp3) is 0.421. The van der Waals surface area contributed by atoms with E-state index in [0.717, 1.165) is 17.8 Å². The van der Waals surface area contributed by atoms with Crippen LogP contribution in [0.2, 0.25) is 5.02 Å². The average Bonchev–Trinajstić information content (AvgIpc) is 3.03. The third kappa shape index (κ3) is 3.90. The Morgan fingerprint density at radius 3 is 2.85 bits per heavy atom. The van der Waals surface area contributed by atoms with Gasteiger partial charge in [-0.25, -0.2) is 0 Å². The highest BCUT2D eigenvalue weighted by Crippen LogP contribution is 2.24. The number of nitrogens with zero attached hydrogens (tertiary/aromatic N) is 3. The van der Waals surface area contributed by atoms with Crippen LogP contribution in [0, 0.1) is 5.92 Å². The van der Waals surface area contributed by atoms with Gasteiger partial charge in [-0.2, -0.15) is 0 Å². The monoisotopic (exact) mass is 375 g/mol. The van der Waals surface area contributed by atoms with Crippen molar-refractivity contribution in [1.29, 1.82) is 0 Å². The molecule has 1 aliphatic rings. The van der Waals surface area contributed by atoms with Crippen LogP contribution in [0.3, 0.4) is 0 Å². The molecule has 0 N–H and O–H groups in total. The summed E-state index contributed by atoms with van der Waals surface area (Å²) in [7, 11) is 0. The predicted molar refractivity (Wildman–Crippen MR) is 99.3 cm³/mol. The average molecular weight is 376 g/mol. The third-order valence-corrected chi connectivity index (χ3v) is 4.59. The molecule has 1 aromatic heterocycles. The molecule has 2 heterocycles. The predicted octanol–water partition coefficient (Wildman–Crippen LogP) is 3.40. The lowest BCUT2D eigenvalue weighted by Crippen LogP contribution is -2.57. The Hall–Kier alpha value is -2.34. The lowest BCUT2D eigenvalue weighted by Gasteiger charge is -2.38. The number of benzene rings is 1. The molecular formula is C19H22ClN3O3. The van der Waals surface area contributed by atoms with Crippen molar-refractivity contribution in [2.75, 3.05) is 18.0 Å². The van der Waals surface area contributed by atoms with Crippen LogP contribution >= 0.6 is 11.6 Å². The summed E-state index contributed by atoms with van der Waals surface area (Å²) < 4.78 is 5.21. The Morgan fingerprint density at radius 1 is 1.38 bits per heavy atom. The first-order chi connectivity index (χ1) is 12.3. The fourth-order valence-corrected chi connectivity index (χ4v) is 3.27. The van der Waals surface area contributed by atoms with E-state index in [-0.39, 0.29) is 30.2 Å². The minimum absolute atomic E-state index is 0.00722. The maximum Gasteiger partial charge on any atom is 0.293 e. The minimum atomic E-state index is -0.306. The van der Waals surface area contributed by atoms with E-state index >= 15 is 0 Å². The fourth-order valence-electron chi connectivity index (χ4n) is 3.09. The highest BCUT2D eigenvalue weighted by atomic mass is 35.5. The topological polar surface area (TPSA) is 66.7 Å². The summed E-state index contributed by atoms with van der Waals surface area (Å²) in [6.07, 6.45) is 0.744. The summed E-state index contributed by atoms with van der Waals surface area (Å²) in [4.78, 5) is 28.5. The SMILES string of the molecule is CC(C)Cc1cc(C(=O)N2CC(=O)N(c3cccc(Cl)c3)C[C@@H]2C)on1. The molecule has 2 aromatic rings. The van der Waals surface area contributed by atoms with Crippen LogP contribution < -0.4 is 4.90 Å². The standard InChI is InChI=1S/C19H22ClN3O3/c1-12(2)7-15-9-17(26-21-15)19(25)22-11-18(24)23(10-13(22)3)16-6-4-5-14(20)8-16/h4-6,8-9,12-13H,7,10-11H2,1-3H3/t13-/m0/s1. The first kappa shape index (κ1) is 18.5. The van der Waals surface area contributed by atoms with E-state index in [1.807, 2.05) is 13.0 Å². The van der Waals surface area contributed by atoms with Gasteiger partial charge in [0.15, 0.2) is 0 Å². The second kappa shape index (κ2) is 7.50. The molecule has 1 atom stereocenters. The number of carbonyl (C=O) groups excluding carboxylic acids is 2. The molecule has 0 aliphatic carbocycles. The van der Waals surface area contributed by atoms with Gasteiger partial charge in [-0.05, 0) is 37.5 Å². The van der Waals surface area contributed by atoms with Crippen molar-refractivity contribution in [3.05, 3.63) is 46.8 Å². The van der Waals surface area contributed by atoms with Gasteiger partial charge in [-0.15, -0.1) is 0 Å². The van der Waals surface area contributed by atoms with Gasteiger partial charge in [0.2, 0.25) is 11.7 Å². The highest BCUT2D eigenvalue weighted by Gasteiger charge is 2.35. The van der Waals surface area contributed by atoms with E-state index < -0.39 is 0 Å². The van der Waals surface area contributed by atoms with E-state index in [0.29, 0.717) is 17.5 Å². The van der Waals surface area contributed by atoms with Gasteiger partial charge < -0.3 is 14.3 Å². The van der Waals surface area contributed by atoms with Crippen LogP contribution in [0.15, 0.2) is 34.9 Å². The zero-order valence-electron chi connectivity index (χ0n) is 15.1. The molecule has 138 valence electrons. The molecule has 0 bridgehead atoms. The third-order valence-electron chi connectivity index (χ3n) is 4.35. The van der Waals surface area contributed by atoms with E-state index in [1.165, 1.54) is 4.90 Å². The number of hydrogen-bond donors (Lipinski definition) is 0. The van der Waals surface area contributed by atoms with Gasteiger partial charge in [0.25, 0.3) is 5.91 Å². The number of halogens is 1. The Kier molecular flexibility index (Phi) is 5.32. The van der Waals surface area contributed by atoms with E-state index in [2.05, 4.69) is 19.0 Å². The second-order valence-electron chi connectivity index (χ2n) is 7.05. The van der Waals surface area contributed by atoms with Gasteiger partial charge in [-0.1, -0.05) is 36.7 Å². The molecule has 2 amide bonds. The lowest BCUT2D eigenvalue weighted by molar-refractivity contribution is -0.121. The van der Waals surface area contributed by atoms with Crippen molar-refractivity contribution in [3.63, 3.8) is 0 Å². The van der Waals surface area contributed by atoms with Gasteiger partial charge in [-0.3, -0.25) is 9.59 Å². The van der Waals surface area contributed by atoms with E-state index in [1.54, 1.807) is 29.2 Å². The molecule has 7 heteroatoms. The number of rotatable bonds is 4. The van der Waals surface area contributed by atoms with Crippen molar-refractivity contribution in [1.82, 2.24) is 10.1 Å².